The molecule has 0 aromatic carbocycles. The van der Waals surface area contributed by atoms with Crippen LogP contribution >= 0.6 is 0 Å². The topological polar surface area (TPSA) is 95.0 Å². The first kappa shape index (κ1) is 14.3. The first-order valence-electron chi connectivity index (χ1n) is 5.97. The van der Waals surface area contributed by atoms with Crippen molar-refractivity contribution in [3.63, 3.8) is 0 Å². The van der Waals surface area contributed by atoms with Gasteiger partial charge in [-0.1, -0.05) is 13.8 Å². The van der Waals surface area contributed by atoms with Crippen molar-refractivity contribution in [3.8, 4) is 6.07 Å². The first-order valence-corrected chi connectivity index (χ1v) is 5.97. The highest BCUT2D eigenvalue weighted by molar-refractivity contribution is 5.54. The molecule has 0 saturated carbocycles. The molecule has 1 atom stereocenters. The maximum absolute atomic E-state index is 10.1. The first-order chi connectivity index (χ1) is 8.34. The Kier molecular flexibility index (Phi) is 4.51. The molecule has 4 N–H and O–H groups in total. The van der Waals surface area contributed by atoms with Crippen molar-refractivity contribution >= 4 is 11.5 Å². The minimum atomic E-state index is -0.802. The Balaban J connectivity index is 2.67. The minimum Gasteiger partial charge on any atom is -0.396 e. The second-order valence-corrected chi connectivity index (χ2v) is 5.19. The van der Waals surface area contributed by atoms with Crippen molar-refractivity contribution in [3.05, 3.63) is 17.8 Å². The van der Waals surface area contributed by atoms with Crippen LogP contribution in [0.5, 0.6) is 0 Å². The average Bonchev–Trinajstić information content (AvgIpc) is 2.26. The smallest absolute Gasteiger partial charge is 0.165 e. The van der Waals surface area contributed by atoms with E-state index in [1.165, 1.54) is 0 Å². The lowest BCUT2D eigenvalue weighted by Gasteiger charge is -2.25. The van der Waals surface area contributed by atoms with Gasteiger partial charge in [0.05, 0.1) is 11.3 Å². The van der Waals surface area contributed by atoms with Crippen molar-refractivity contribution in [1.29, 1.82) is 5.26 Å². The molecule has 0 radical (unpaired) electrons. The number of aromatic nitrogens is 1. The van der Waals surface area contributed by atoms with Crippen molar-refractivity contribution in [1.82, 2.24) is 4.98 Å². The lowest BCUT2D eigenvalue weighted by molar-refractivity contribution is 0.0515. The maximum Gasteiger partial charge on any atom is 0.165 e. The molecule has 0 aliphatic carbocycles. The van der Waals surface area contributed by atoms with Gasteiger partial charge in [0, 0.05) is 6.54 Å². The van der Waals surface area contributed by atoms with Crippen molar-refractivity contribution < 1.29 is 5.11 Å². The molecule has 98 valence electrons. The van der Waals surface area contributed by atoms with Gasteiger partial charge >= 0.3 is 0 Å². The van der Waals surface area contributed by atoms with Gasteiger partial charge in [0.1, 0.15) is 11.9 Å². The number of nitrogen functional groups attached to an aromatic ring is 1. The molecule has 1 heterocycles. The Morgan fingerprint density at radius 1 is 1.56 bits per heavy atom. The lowest BCUT2D eigenvalue weighted by Crippen LogP contribution is -2.35. The highest BCUT2D eigenvalue weighted by Gasteiger charge is 2.21. The zero-order valence-corrected chi connectivity index (χ0v) is 11.1. The van der Waals surface area contributed by atoms with Crippen molar-refractivity contribution in [2.24, 2.45) is 5.92 Å². The number of hydrogen-bond acceptors (Lipinski definition) is 5. The lowest BCUT2D eigenvalue weighted by atomic mass is 9.94. The van der Waals surface area contributed by atoms with Gasteiger partial charge < -0.3 is 16.2 Å². The summed E-state index contributed by atoms with van der Waals surface area (Å²) in [6, 6.07) is 5.25. The van der Waals surface area contributed by atoms with E-state index < -0.39 is 5.60 Å². The van der Waals surface area contributed by atoms with E-state index >= 15 is 0 Å². The third kappa shape index (κ3) is 4.22. The zero-order chi connectivity index (χ0) is 13.8. The van der Waals surface area contributed by atoms with E-state index in [9.17, 15) is 5.11 Å². The predicted octanol–water partition coefficient (Wildman–Crippen LogP) is 1.74. The van der Waals surface area contributed by atoms with Crippen LogP contribution in [0.4, 0.5) is 11.5 Å². The number of nitrogens with two attached hydrogens (primary N) is 1. The van der Waals surface area contributed by atoms with Crippen molar-refractivity contribution in [2.45, 2.75) is 32.8 Å². The van der Waals surface area contributed by atoms with E-state index in [0.717, 1.165) is 0 Å². The Morgan fingerprint density at radius 2 is 2.22 bits per heavy atom. The summed E-state index contributed by atoms with van der Waals surface area (Å²) < 4.78 is 0. The van der Waals surface area contributed by atoms with Crippen LogP contribution in [0.25, 0.3) is 0 Å². The average molecular weight is 248 g/mol. The van der Waals surface area contributed by atoms with E-state index in [4.69, 9.17) is 11.0 Å². The number of nitriles is 1. The fraction of sp³-hybridized carbons (Fsp3) is 0.538. The van der Waals surface area contributed by atoms with E-state index in [1.807, 2.05) is 6.07 Å². The molecule has 1 rings (SSSR count). The molecule has 0 bridgehead atoms. The quantitative estimate of drug-likeness (QED) is 0.737. The third-order valence-electron chi connectivity index (χ3n) is 2.53. The van der Waals surface area contributed by atoms with E-state index in [0.29, 0.717) is 30.4 Å². The molecule has 0 fully saturated rings. The minimum absolute atomic E-state index is 0.198. The van der Waals surface area contributed by atoms with Gasteiger partial charge in [0.2, 0.25) is 0 Å². The molecule has 0 aliphatic heterocycles. The molecular formula is C13H20N4O. The van der Waals surface area contributed by atoms with Gasteiger partial charge in [0.25, 0.3) is 0 Å². The molecule has 0 aliphatic rings. The third-order valence-corrected chi connectivity index (χ3v) is 2.53. The molecule has 0 saturated heterocycles. The van der Waals surface area contributed by atoms with Gasteiger partial charge in [-0.3, -0.25) is 0 Å². The molecule has 5 nitrogen and oxygen atoms in total. The number of rotatable bonds is 5. The van der Waals surface area contributed by atoms with Crippen LogP contribution < -0.4 is 11.1 Å². The van der Waals surface area contributed by atoms with Crippen LogP contribution in [0, 0.1) is 17.2 Å². The molecule has 0 amide bonds. The number of anilines is 2. The van der Waals surface area contributed by atoms with E-state index in [-0.39, 0.29) is 5.69 Å². The van der Waals surface area contributed by atoms with Gasteiger partial charge in [-0.2, -0.15) is 5.26 Å². The van der Waals surface area contributed by atoms with E-state index in [1.54, 1.807) is 19.1 Å². The number of hydrogen-bond donors (Lipinski definition) is 3. The molecule has 0 spiro atoms. The normalized spacial score (nSPS) is 14.0. The SMILES string of the molecule is CC(C)CC(C)(O)CNc1ccc(N)c(C#N)n1. The van der Waals surface area contributed by atoms with Gasteiger partial charge in [0.15, 0.2) is 5.69 Å². The van der Waals surface area contributed by atoms with Gasteiger partial charge in [-0.15, -0.1) is 0 Å². The molecule has 1 aromatic heterocycles. The molecule has 1 aromatic rings. The van der Waals surface area contributed by atoms with Crippen LogP contribution in [0.15, 0.2) is 12.1 Å². The second kappa shape index (κ2) is 5.69. The standard InChI is InChI=1S/C13H20N4O/c1-9(2)6-13(3,18)8-16-12-5-4-10(15)11(7-14)17-12/h4-5,9,18H,6,8,15H2,1-3H3,(H,16,17). The largest absolute Gasteiger partial charge is 0.396 e. The summed E-state index contributed by atoms with van der Waals surface area (Å²) in [6.07, 6.45) is 0.695. The summed E-state index contributed by atoms with van der Waals surface area (Å²) in [5, 5.41) is 22.0. The highest BCUT2D eigenvalue weighted by atomic mass is 16.3. The Morgan fingerprint density at radius 3 is 2.78 bits per heavy atom. The number of nitrogens with one attached hydrogen (secondary N) is 1. The molecular weight excluding hydrogens is 228 g/mol. The van der Waals surface area contributed by atoms with Crippen LogP contribution in [0.3, 0.4) is 0 Å². The van der Waals surface area contributed by atoms with Crippen LogP contribution in [-0.2, 0) is 0 Å². The fourth-order valence-corrected chi connectivity index (χ4v) is 1.89. The van der Waals surface area contributed by atoms with Crippen molar-refractivity contribution in [2.75, 3.05) is 17.6 Å². The second-order valence-electron chi connectivity index (χ2n) is 5.19. The molecule has 5 heteroatoms. The van der Waals surface area contributed by atoms with Crippen LogP contribution in [0.1, 0.15) is 32.9 Å². The summed E-state index contributed by atoms with van der Waals surface area (Å²) in [5.74, 6) is 0.959. The molecule has 1 unspecified atom stereocenters. The Labute approximate surface area is 108 Å². The monoisotopic (exact) mass is 248 g/mol. The Bertz CT molecular complexity index is 449. The predicted molar refractivity (Wildman–Crippen MR) is 71.9 cm³/mol. The number of pyridine rings is 1. The summed E-state index contributed by atoms with van der Waals surface area (Å²) in [5.41, 5.74) is 5.34. The number of nitrogens with zero attached hydrogens (tertiary/aromatic N) is 2. The summed E-state index contributed by atoms with van der Waals surface area (Å²) in [4.78, 5) is 4.06. The zero-order valence-electron chi connectivity index (χ0n) is 11.1. The van der Waals surface area contributed by atoms with Gasteiger partial charge in [-0.05, 0) is 31.4 Å². The number of aliphatic hydroxyl groups is 1. The summed E-state index contributed by atoms with van der Waals surface area (Å²) in [6.45, 7) is 6.28. The highest BCUT2D eigenvalue weighted by Crippen LogP contribution is 2.18. The van der Waals surface area contributed by atoms with Crippen LogP contribution in [-0.4, -0.2) is 22.2 Å². The summed E-state index contributed by atoms with van der Waals surface area (Å²) in [7, 11) is 0. The molecule has 18 heavy (non-hydrogen) atoms. The maximum atomic E-state index is 10.1. The van der Waals surface area contributed by atoms with Gasteiger partial charge in [-0.25, -0.2) is 4.98 Å². The van der Waals surface area contributed by atoms with Crippen LogP contribution in [0.2, 0.25) is 0 Å². The fourth-order valence-electron chi connectivity index (χ4n) is 1.89. The Hall–Kier alpha value is -1.80. The summed E-state index contributed by atoms with van der Waals surface area (Å²) >= 11 is 0. The van der Waals surface area contributed by atoms with E-state index in [2.05, 4.69) is 24.1 Å².